The van der Waals surface area contributed by atoms with Crippen LogP contribution in [0.3, 0.4) is 0 Å². The van der Waals surface area contributed by atoms with Gasteiger partial charge in [0.05, 0.1) is 12.2 Å². The van der Waals surface area contributed by atoms with E-state index in [0.29, 0.717) is 5.56 Å². The van der Waals surface area contributed by atoms with Gasteiger partial charge in [-0.1, -0.05) is 30.3 Å². The maximum Gasteiger partial charge on any atom is 0.126 e. The Morgan fingerprint density at radius 1 is 1.00 bits per heavy atom. The molecule has 28 heavy (non-hydrogen) atoms. The van der Waals surface area contributed by atoms with E-state index >= 15 is 0 Å². The molecule has 146 valence electrons. The number of hydrazine groups is 1. The van der Waals surface area contributed by atoms with Crippen molar-refractivity contribution in [2.45, 2.75) is 13.5 Å². The molecule has 2 aliphatic rings. The molecule has 0 saturated carbocycles. The molecule has 0 spiro atoms. The Morgan fingerprint density at radius 3 is 2.54 bits per heavy atom. The summed E-state index contributed by atoms with van der Waals surface area (Å²) in [5, 5.41) is 5.53. The molecule has 0 amide bonds. The lowest BCUT2D eigenvalue weighted by molar-refractivity contribution is 0.254. The monoisotopic (exact) mass is 378 g/mol. The van der Waals surface area contributed by atoms with Crippen molar-refractivity contribution in [1.82, 2.24) is 20.7 Å². The summed E-state index contributed by atoms with van der Waals surface area (Å²) in [4.78, 5) is 2.47. The number of piperazine rings is 1. The van der Waals surface area contributed by atoms with Gasteiger partial charge in [-0.05, 0) is 53.5 Å². The highest BCUT2D eigenvalue weighted by molar-refractivity contribution is 5.68. The van der Waals surface area contributed by atoms with Crippen LogP contribution >= 0.6 is 0 Å². The van der Waals surface area contributed by atoms with Crippen LogP contribution in [0.2, 0.25) is 0 Å². The molecule has 0 unspecified atom stereocenters. The normalized spacial score (nSPS) is 17.7. The van der Waals surface area contributed by atoms with Gasteiger partial charge in [0.1, 0.15) is 5.82 Å². The van der Waals surface area contributed by atoms with Crippen LogP contribution in [0.15, 0.2) is 66.4 Å². The Labute approximate surface area is 166 Å². The molecule has 2 aromatic rings. The van der Waals surface area contributed by atoms with Gasteiger partial charge in [0, 0.05) is 38.9 Å². The summed E-state index contributed by atoms with van der Waals surface area (Å²) < 4.78 is 13.7. The molecule has 0 aromatic heterocycles. The first kappa shape index (κ1) is 18.7. The summed E-state index contributed by atoms with van der Waals surface area (Å²) in [7, 11) is 0. The van der Waals surface area contributed by atoms with Gasteiger partial charge < -0.3 is 5.32 Å². The molecular formula is C23H27FN4. The Morgan fingerprint density at radius 2 is 1.79 bits per heavy atom. The fourth-order valence-electron chi connectivity index (χ4n) is 3.68. The average molecular weight is 378 g/mol. The summed E-state index contributed by atoms with van der Waals surface area (Å²) in [6.07, 6.45) is 4.38. The van der Waals surface area contributed by atoms with E-state index in [1.165, 1.54) is 11.1 Å². The van der Waals surface area contributed by atoms with Crippen molar-refractivity contribution in [1.29, 1.82) is 0 Å². The zero-order valence-electron chi connectivity index (χ0n) is 16.3. The highest BCUT2D eigenvalue weighted by Crippen LogP contribution is 2.23. The smallest absolute Gasteiger partial charge is 0.126 e. The minimum absolute atomic E-state index is 0.169. The second-order valence-corrected chi connectivity index (χ2v) is 7.48. The third kappa shape index (κ3) is 4.61. The van der Waals surface area contributed by atoms with Crippen LogP contribution in [0.4, 0.5) is 4.39 Å². The van der Waals surface area contributed by atoms with Crippen LogP contribution in [0, 0.1) is 12.7 Å². The second-order valence-electron chi connectivity index (χ2n) is 7.48. The summed E-state index contributed by atoms with van der Waals surface area (Å²) >= 11 is 0. The lowest BCUT2D eigenvalue weighted by Gasteiger charge is -2.32. The molecule has 0 radical (unpaired) electrons. The zero-order chi connectivity index (χ0) is 19.3. The van der Waals surface area contributed by atoms with Crippen molar-refractivity contribution < 1.29 is 4.39 Å². The highest BCUT2D eigenvalue weighted by atomic mass is 19.1. The topological polar surface area (TPSA) is 30.5 Å². The van der Waals surface area contributed by atoms with Crippen molar-refractivity contribution in [2.75, 3.05) is 32.7 Å². The number of nitrogens with zero attached hydrogens (tertiary/aromatic N) is 2. The summed E-state index contributed by atoms with van der Waals surface area (Å²) in [5.74, 6) is -0.169. The van der Waals surface area contributed by atoms with E-state index in [0.717, 1.165) is 50.5 Å². The molecule has 2 N–H and O–H groups in total. The Hall–Kier alpha value is -2.63. The number of hydrogen-bond acceptors (Lipinski definition) is 4. The molecule has 5 heteroatoms. The van der Waals surface area contributed by atoms with Crippen molar-refractivity contribution in [3.63, 3.8) is 0 Å². The Kier molecular flexibility index (Phi) is 5.74. The second kappa shape index (κ2) is 8.59. The molecule has 0 bridgehead atoms. The van der Waals surface area contributed by atoms with E-state index in [4.69, 9.17) is 0 Å². The van der Waals surface area contributed by atoms with Crippen molar-refractivity contribution in [2.24, 2.45) is 0 Å². The summed E-state index contributed by atoms with van der Waals surface area (Å²) in [6, 6.07) is 15.7. The number of halogens is 1. The number of hydrogen-bond donors (Lipinski definition) is 2. The molecule has 0 aliphatic carbocycles. The SMILES string of the molecule is Cc1cc(C2=CC(CN3CCNCC3)=CN(Cc3ccccc3)N2)ccc1F. The van der Waals surface area contributed by atoms with Gasteiger partial charge >= 0.3 is 0 Å². The Balaban J connectivity index is 1.59. The van der Waals surface area contributed by atoms with Crippen LogP contribution in [0.25, 0.3) is 5.70 Å². The van der Waals surface area contributed by atoms with Crippen LogP contribution < -0.4 is 10.7 Å². The van der Waals surface area contributed by atoms with Gasteiger partial charge in [-0.2, -0.15) is 0 Å². The molecular weight excluding hydrogens is 351 g/mol. The maximum atomic E-state index is 13.7. The predicted molar refractivity (Wildman–Crippen MR) is 112 cm³/mol. The molecule has 2 heterocycles. The fraction of sp³-hybridized carbons (Fsp3) is 0.304. The fourth-order valence-corrected chi connectivity index (χ4v) is 3.68. The number of aryl methyl sites for hydroxylation is 1. The molecule has 2 aromatic carbocycles. The van der Waals surface area contributed by atoms with Crippen LogP contribution in [-0.2, 0) is 6.54 Å². The van der Waals surface area contributed by atoms with Gasteiger partial charge in [-0.3, -0.25) is 15.3 Å². The third-order valence-corrected chi connectivity index (χ3v) is 5.20. The molecule has 4 rings (SSSR count). The lowest BCUT2D eigenvalue weighted by Crippen LogP contribution is -2.44. The highest BCUT2D eigenvalue weighted by Gasteiger charge is 2.17. The predicted octanol–water partition coefficient (Wildman–Crippen LogP) is 3.28. The quantitative estimate of drug-likeness (QED) is 0.836. The number of benzene rings is 2. The van der Waals surface area contributed by atoms with Gasteiger partial charge in [0.25, 0.3) is 0 Å². The minimum atomic E-state index is -0.169. The van der Waals surface area contributed by atoms with Crippen LogP contribution in [0.5, 0.6) is 0 Å². The molecule has 0 atom stereocenters. The molecule has 4 nitrogen and oxygen atoms in total. The van der Waals surface area contributed by atoms with Crippen molar-refractivity contribution in [3.05, 3.63) is 88.9 Å². The average Bonchev–Trinajstić information content (AvgIpc) is 2.71. The third-order valence-electron chi connectivity index (χ3n) is 5.20. The van der Waals surface area contributed by atoms with Gasteiger partial charge in [0.15, 0.2) is 0 Å². The molecule has 2 aliphatic heterocycles. The first-order chi connectivity index (χ1) is 13.7. The first-order valence-electron chi connectivity index (χ1n) is 9.86. The first-order valence-corrected chi connectivity index (χ1v) is 9.86. The molecule has 1 saturated heterocycles. The van der Waals surface area contributed by atoms with Gasteiger partial charge in [-0.25, -0.2) is 4.39 Å². The summed E-state index contributed by atoms with van der Waals surface area (Å²) in [6.45, 7) is 7.67. The van der Waals surface area contributed by atoms with E-state index < -0.39 is 0 Å². The molecule has 1 fully saturated rings. The van der Waals surface area contributed by atoms with Gasteiger partial charge in [0.2, 0.25) is 0 Å². The lowest BCUT2D eigenvalue weighted by atomic mass is 10.0. The maximum absolute atomic E-state index is 13.7. The van der Waals surface area contributed by atoms with Crippen molar-refractivity contribution >= 4 is 5.70 Å². The van der Waals surface area contributed by atoms with Crippen molar-refractivity contribution in [3.8, 4) is 0 Å². The van der Waals surface area contributed by atoms with E-state index in [1.807, 2.05) is 18.2 Å². The van der Waals surface area contributed by atoms with E-state index in [2.05, 4.69) is 57.2 Å². The van der Waals surface area contributed by atoms with Gasteiger partial charge in [-0.15, -0.1) is 0 Å². The van der Waals surface area contributed by atoms with E-state index in [1.54, 1.807) is 13.0 Å². The van der Waals surface area contributed by atoms with E-state index in [-0.39, 0.29) is 5.82 Å². The standard InChI is InChI=1S/C23H27FN4/c1-18-13-21(7-8-22(18)24)23-14-20(15-27-11-9-25-10-12-27)17-28(26-23)16-19-5-3-2-4-6-19/h2-8,13-14,17,25-26H,9-12,15-16H2,1H3. The zero-order valence-corrected chi connectivity index (χ0v) is 16.3. The van der Waals surface area contributed by atoms with Crippen LogP contribution in [0.1, 0.15) is 16.7 Å². The number of nitrogens with one attached hydrogen (secondary N) is 2. The Bertz CT molecular complexity index is 869. The minimum Gasteiger partial charge on any atom is -0.314 e. The summed E-state index contributed by atoms with van der Waals surface area (Å²) in [5.41, 5.74) is 8.66. The number of rotatable bonds is 5. The van der Waals surface area contributed by atoms with Crippen LogP contribution in [-0.4, -0.2) is 42.6 Å². The van der Waals surface area contributed by atoms with E-state index in [9.17, 15) is 4.39 Å². The largest absolute Gasteiger partial charge is 0.314 e.